The van der Waals surface area contributed by atoms with Crippen LogP contribution in [0.3, 0.4) is 0 Å². The molecule has 0 aliphatic rings. The average Bonchev–Trinajstić information content (AvgIpc) is 2.29. The van der Waals surface area contributed by atoms with E-state index >= 15 is 0 Å². The van der Waals surface area contributed by atoms with Gasteiger partial charge in [-0.3, -0.25) is 0 Å². The van der Waals surface area contributed by atoms with Gasteiger partial charge >= 0.3 is 0 Å². The number of benzene rings is 1. The highest BCUT2D eigenvalue weighted by molar-refractivity contribution is 9.10. The summed E-state index contributed by atoms with van der Waals surface area (Å²) in [6.07, 6.45) is 1.05. The zero-order valence-corrected chi connectivity index (χ0v) is 11.7. The number of methoxy groups -OCH3 is 1. The lowest BCUT2D eigenvalue weighted by Crippen LogP contribution is -2.28. The van der Waals surface area contributed by atoms with Crippen LogP contribution in [0.2, 0.25) is 0 Å². The number of hydrogen-bond acceptors (Lipinski definition) is 2. The molecule has 1 aromatic carbocycles. The van der Waals surface area contributed by atoms with Crippen LogP contribution in [0, 0.1) is 0 Å². The lowest BCUT2D eigenvalue weighted by Gasteiger charge is -2.11. The van der Waals surface area contributed by atoms with Crippen molar-refractivity contribution in [3.05, 3.63) is 22.7 Å². The summed E-state index contributed by atoms with van der Waals surface area (Å²) in [6, 6.07) is 5.75. The smallest absolute Gasteiger partial charge is 0.170 e. The monoisotopic (exact) mass is 302 g/mol. The summed E-state index contributed by atoms with van der Waals surface area (Å²) in [5.41, 5.74) is 0.911. The molecule has 0 heterocycles. The van der Waals surface area contributed by atoms with Crippen LogP contribution < -0.4 is 15.4 Å². The van der Waals surface area contributed by atoms with Gasteiger partial charge in [-0.25, -0.2) is 0 Å². The maximum Gasteiger partial charge on any atom is 0.170 e. The Labute approximate surface area is 110 Å². The van der Waals surface area contributed by atoms with Gasteiger partial charge in [0.15, 0.2) is 5.11 Å². The van der Waals surface area contributed by atoms with Crippen molar-refractivity contribution < 1.29 is 4.74 Å². The summed E-state index contributed by atoms with van der Waals surface area (Å²) in [5.74, 6) is 0.781. The highest BCUT2D eigenvalue weighted by Gasteiger charge is 2.02. The van der Waals surface area contributed by atoms with Gasteiger partial charge in [-0.1, -0.05) is 6.92 Å². The molecule has 0 aliphatic heterocycles. The van der Waals surface area contributed by atoms with Gasteiger partial charge in [0.2, 0.25) is 0 Å². The zero-order valence-electron chi connectivity index (χ0n) is 9.34. The number of ether oxygens (including phenoxy) is 1. The Morgan fingerprint density at radius 1 is 1.50 bits per heavy atom. The van der Waals surface area contributed by atoms with E-state index in [1.165, 1.54) is 0 Å². The minimum absolute atomic E-state index is 0.631. The Balaban J connectivity index is 2.63. The van der Waals surface area contributed by atoms with Crippen LogP contribution in [-0.2, 0) is 0 Å². The van der Waals surface area contributed by atoms with Gasteiger partial charge in [0.05, 0.1) is 11.6 Å². The standard InChI is InChI=1S/C11H15BrN2OS/c1-3-6-13-11(16)14-8-4-5-9(12)10(7-8)15-2/h4-5,7H,3,6H2,1-2H3,(H2,13,14,16). The molecule has 0 bridgehead atoms. The Morgan fingerprint density at radius 3 is 2.88 bits per heavy atom. The quantitative estimate of drug-likeness (QED) is 0.837. The molecule has 0 fully saturated rings. The van der Waals surface area contributed by atoms with E-state index in [-0.39, 0.29) is 0 Å². The first kappa shape index (κ1) is 13.3. The van der Waals surface area contributed by atoms with E-state index in [1.54, 1.807) is 7.11 Å². The molecule has 0 amide bonds. The molecule has 5 heteroatoms. The van der Waals surface area contributed by atoms with E-state index in [0.717, 1.165) is 28.9 Å². The summed E-state index contributed by atoms with van der Waals surface area (Å²) in [5, 5.41) is 6.83. The van der Waals surface area contributed by atoms with Crippen LogP contribution >= 0.6 is 28.1 Å². The lowest BCUT2D eigenvalue weighted by atomic mass is 10.3. The number of hydrogen-bond donors (Lipinski definition) is 2. The van der Waals surface area contributed by atoms with Gasteiger partial charge in [0, 0.05) is 18.3 Å². The fourth-order valence-electron chi connectivity index (χ4n) is 1.15. The maximum atomic E-state index is 5.20. The fourth-order valence-corrected chi connectivity index (χ4v) is 1.78. The number of anilines is 1. The first-order valence-electron chi connectivity index (χ1n) is 5.05. The molecule has 2 N–H and O–H groups in total. The molecule has 1 rings (SSSR count). The number of rotatable bonds is 4. The van der Waals surface area contributed by atoms with Gasteiger partial charge in [-0.2, -0.15) is 0 Å². The second kappa shape index (κ2) is 6.70. The third kappa shape index (κ3) is 3.98. The Hall–Kier alpha value is -0.810. The number of nitrogens with one attached hydrogen (secondary N) is 2. The Morgan fingerprint density at radius 2 is 2.25 bits per heavy atom. The second-order valence-corrected chi connectivity index (χ2v) is 4.49. The molecule has 0 aromatic heterocycles. The Kier molecular flexibility index (Phi) is 5.55. The maximum absolute atomic E-state index is 5.20. The normalized spacial score (nSPS) is 9.69. The third-order valence-corrected chi connectivity index (χ3v) is 2.85. The molecule has 0 saturated carbocycles. The summed E-state index contributed by atoms with van der Waals surface area (Å²) in [6.45, 7) is 2.97. The van der Waals surface area contributed by atoms with Gasteiger partial charge < -0.3 is 15.4 Å². The van der Waals surface area contributed by atoms with E-state index in [9.17, 15) is 0 Å². The number of halogens is 1. The molecule has 0 aliphatic carbocycles. The molecular weight excluding hydrogens is 288 g/mol. The molecule has 0 atom stereocenters. The molecule has 0 unspecified atom stereocenters. The zero-order chi connectivity index (χ0) is 12.0. The van der Waals surface area contributed by atoms with Crippen LogP contribution in [0.25, 0.3) is 0 Å². The van der Waals surface area contributed by atoms with Crippen molar-refractivity contribution in [2.24, 2.45) is 0 Å². The Bertz CT molecular complexity index is 371. The van der Waals surface area contributed by atoms with Crippen LogP contribution in [-0.4, -0.2) is 18.8 Å². The number of thiocarbonyl (C=S) groups is 1. The minimum Gasteiger partial charge on any atom is -0.495 e. The summed E-state index contributed by atoms with van der Waals surface area (Å²) in [7, 11) is 1.64. The van der Waals surface area contributed by atoms with Gasteiger partial charge in [0.25, 0.3) is 0 Å². The van der Waals surface area contributed by atoms with E-state index in [2.05, 4.69) is 33.5 Å². The van der Waals surface area contributed by atoms with Crippen LogP contribution in [0.4, 0.5) is 5.69 Å². The van der Waals surface area contributed by atoms with Crippen LogP contribution in [0.15, 0.2) is 22.7 Å². The third-order valence-electron chi connectivity index (χ3n) is 1.94. The van der Waals surface area contributed by atoms with Crippen molar-refractivity contribution in [3.8, 4) is 5.75 Å². The van der Waals surface area contributed by atoms with Gasteiger partial charge in [-0.15, -0.1) is 0 Å². The van der Waals surface area contributed by atoms with Crippen LogP contribution in [0.5, 0.6) is 5.75 Å². The molecule has 0 radical (unpaired) electrons. The minimum atomic E-state index is 0.631. The largest absolute Gasteiger partial charge is 0.495 e. The van der Waals surface area contributed by atoms with Crippen molar-refractivity contribution in [3.63, 3.8) is 0 Å². The van der Waals surface area contributed by atoms with E-state index in [1.807, 2.05) is 18.2 Å². The first-order valence-corrected chi connectivity index (χ1v) is 6.26. The highest BCUT2D eigenvalue weighted by Crippen LogP contribution is 2.27. The first-order chi connectivity index (χ1) is 7.67. The second-order valence-electron chi connectivity index (χ2n) is 3.23. The van der Waals surface area contributed by atoms with Crippen molar-refractivity contribution >= 4 is 38.9 Å². The molecule has 3 nitrogen and oxygen atoms in total. The predicted molar refractivity (Wildman–Crippen MR) is 75.2 cm³/mol. The molecule has 16 heavy (non-hydrogen) atoms. The average molecular weight is 303 g/mol. The molecule has 88 valence electrons. The van der Waals surface area contributed by atoms with Crippen molar-refractivity contribution in [2.45, 2.75) is 13.3 Å². The summed E-state index contributed by atoms with van der Waals surface area (Å²) < 4.78 is 6.12. The van der Waals surface area contributed by atoms with Gasteiger partial charge in [-0.05, 0) is 46.7 Å². The summed E-state index contributed by atoms with van der Waals surface area (Å²) in [4.78, 5) is 0. The topological polar surface area (TPSA) is 33.3 Å². The lowest BCUT2D eigenvalue weighted by molar-refractivity contribution is 0.412. The molecule has 0 saturated heterocycles. The van der Waals surface area contributed by atoms with Crippen molar-refractivity contribution in [2.75, 3.05) is 19.0 Å². The van der Waals surface area contributed by atoms with Crippen LogP contribution in [0.1, 0.15) is 13.3 Å². The fraction of sp³-hybridized carbons (Fsp3) is 0.364. The van der Waals surface area contributed by atoms with E-state index < -0.39 is 0 Å². The van der Waals surface area contributed by atoms with E-state index in [4.69, 9.17) is 17.0 Å². The molecule has 0 spiro atoms. The molecular formula is C11H15BrN2OS. The molecule has 1 aromatic rings. The van der Waals surface area contributed by atoms with Gasteiger partial charge in [0.1, 0.15) is 5.75 Å². The SMILES string of the molecule is CCCNC(=S)Nc1ccc(Br)c(OC)c1. The predicted octanol–water partition coefficient (Wildman–Crippen LogP) is 3.15. The van der Waals surface area contributed by atoms with E-state index in [0.29, 0.717) is 5.11 Å². The van der Waals surface area contributed by atoms with Crippen molar-refractivity contribution in [1.82, 2.24) is 5.32 Å². The van der Waals surface area contributed by atoms with Crippen molar-refractivity contribution in [1.29, 1.82) is 0 Å². The summed E-state index contributed by atoms with van der Waals surface area (Å²) >= 11 is 8.54. The highest BCUT2D eigenvalue weighted by atomic mass is 79.9.